The fraction of sp³-hybridized carbons (Fsp3) is 0.0833. The molecule has 0 atom stereocenters. The zero-order valence-corrected chi connectivity index (χ0v) is 9.47. The molecule has 0 aliphatic heterocycles. The number of nitrogens with one attached hydrogen (secondary N) is 2. The van der Waals surface area contributed by atoms with Crippen LogP contribution in [-0.2, 0) is 6.54 Å². The maximum atomic E-state index is 11.2. The van der Waals surface area contributed by atoms with Gasteiger partial charge in [0.05, 0.1) is 23.3 Å². The van der Waals surface area contributed by atoms with Crippen molar-refractivity contribution in [2.45, 2.75) is 6.54 Å². The summed E-state index contributed by atoms with van der Waals surface area (Å²) in [6.07, 6.45) is 1.68. The van der Waals surface area contributed by atoms with E-state index >= 15 is 0 Å². The highest BCUT2D eigenvalue weighted by atomic mass is 16.1. The number of hydrogen-bond acceptors (Lipinski definition) is 4. The molecule has 0 saturated carbocycles. The van der Waals surface area contributed by atoms with Crippen molar-refractivity contribution < 1.29 is 0 Å². The average molecular weight is 241 g/mol. The van der Waals surface area contributed by atoms with E-state index in [2.05, 4.69) is 19.9 Å². The minimum atomic E-state index is -0.215. The number of nitrogens with zero attached hydrogens (tertiary/aromatic N) is 2. The summed E-state index contributed by atoms with van der Waals surface area (Å²) in [5.41, 5.74) is 8.53. The maximum absolute atomic E-state index is 11.2. The van der Waals surface area contributed by atoms with Crippen LogP contribution < -0.4 is 11.4 Å². The fourth-order valence-electron chi connectivity index (χ4n) is 1.85. The summed E-state index contributed by atoms with van der Waals surface area (Å²) in [7, 11) is 0. The predicted molar refractivity (Wildman–Crippen MR) is 67.8 cm³/mol. The summed E-state index contributed by atoms with van der Waals surface area (Å²) in [6.45, 7) is 0.303. The summed E-state index contributed by atoms with van der Waals surface area (Å²) in [5.74, 6) is 0.593. The van der Waals surface area contributed by atoms with Crippen molar-refractivity contribution in [3.8, 4) is 11.3 Å². The van der Waals surface area contributed by atoms with Crippen molar-refractivity contribution in [2.24, 2.45) is 5.73 Å². The van der Waals surface area contributed by atoms with Crippen molar-refractivity contribution in [1.29, 1.82) is 0 Å². The molecule has 3 rings (SSSR count). The van der Waals surface area contributed by atoms with Gasteiger partial charge < -0.3 is 15.7 Å². The van der Waals surface area contributed by atoms with Gasteiger partial charge in [-0.1, -0.05) is 6.07 Å². The first-order valence-electron chi connectivity index (χ1n) is 5.50. The SMILES string of the molecule is NCc1nccc(-c2ccc3[nH]c(=O)[nH]c3c2)n1. The van der Waals surface area contributed by atoms with Gasteiger partial charge in [-0.3, -0.25) is 0 Å². The Morgan fingerprint density at radius 2 is 2.00 bits per heavy atom. The highest BCUT2D eigenvalue weighted by molar-refractivity contribution is 5.80. The van der Waals surface area contributed by atoms with Crippen LogP contribution in [0.5, 0.6) is 0 Å². The molecule has 0 aliphatic carbocycles. The van der Waals surface area contributed by atoms with Gasteiger partial charge in [0, 0.05) is 11.8 Å². The van der Waals surface area contributed by atoms with Crippen LogP contribution in [0.1, 0.15) is 5.82 Å². The monoisotopic (exact) mass is 241 g/mol. The molecule has 90 valence electrons. The second-order valence-corrected chi connectivity index (χ2v) is 3.90. The topological polar surface area (TPSA) is 100 Å². The first-order valence-corrected chi connectivity index (χ1v) is 5.50. The molecule has 0 spiro atoms. The van der Waals surface area contributed by atoms with E-state index in [1.807, 2.05) is 24.3 Å². The van der Waals surface area contributed by atoms with Gasteiger partial charge in [-0.15, -0.1) is 0 Å². The second kappa shape index (κ2) is 4.08. The molecule has 2 heterocycles. The van der Waals surface area contributed by atoms with Crippen molar-refractivity contribution in [3.63, 3.8) is 0 Å². The molecular weight excluding hydrogens is 230 g/mol. The first-order chi connectivity index (χ1) is 8.76. The third-order valence-corrected chi connectivity index (χ3v) is 2.70. The van der Waals surface area contributed by atoms with Gasteiger partial charge >= 0.3 is 5.69 Å². The van der Waals surface area contributed by atoms with Crippen molar-refractivity contribution in [1.82, 2.24) is 19.9 Å². The van der Waals surface area contributed by atoms with Crippen LogP contribution in [-0.4, -0.2) is 19.9 Å². The summed E-state index contributed by atoms with van der Waals surface area (Å²) in [4.78, 5) is 25.0. The molecule has 0 aliphatic rings. The molecule has 2 aromatic heterocycles. The lowest BCUT2D eigenvalue weighted by molar-refractivity contribution is 0.912. The molecule has 0 radical (unpaired) electrons. The molecule has 6 heteroatoms. The van der Waals surface area contributed by atoms with Crippen LogP contribution in [0.15, 0.2) is 35.3 Å². The Balaban J connectivity index is 2.15. The summed E-state index contributed by atoms with van der Waals surface area (Å²) in [6, 6.07) is 7.42. The number of hydrogen-bond donors (Lipinski definition) is 3. The van der Waals surface area contributed by atoms with Gasteiger partial charge in [-0.25, -0.2) is 14.8 Å². The Labute approximate surface area is 102 Å². The van der Waals surface area contributed by atoms with E-state index in [9.17, 15) is 4.79 Å². The zero-order valence-electron chi connectivity index (χ0n) is 9.47. The van der Waals surface area contributed by atoms with Crippen LogP contribution in [0.4, 0.5) is 0 Å². The molecule has 1 aromatic carbocycles. The molecule has 18 heavy (non-hydrogen) atoms. The number of aromatic nitrogens is 4. The van der Waals surface area contributed by atoms with Crippen LogP contribution >= 0.6 is 0 Å². The Bertz CT molecular complexity index is 758. The first kappa shape index (κ1) is 10.7. The number of rotatable bonds is 2. The third-order valence-electron chi connectivity index (χ3n) is 2.70. The van der Waals surface area contributed by atoms with E-state index in [1.165, 1.54) is 0 Å². The number of imidazole rings is 1. The van der Waals surface area contributed by atoms with Crippen molar-refractivity contribution >= 4 is 11.0 Å². The highest BCUT2D eigenvalue weighted by Gasteiger charge is 2.04. The Kier molecular flexibility index (Phi) is 2.42. The minimum Gasteiger partial charge on any atom is -0.324 e. The van der Waals surface area contributed by atoms with E-state index in [0.717, 1.165) is 22.3 Å². The molecule has 0 unspecified atom stereocenters. The van der Waals surface area contributed by atoms with Gasteiger partial charge in [-0.2, -0.15) is 0 Å². The Hall–Kier alpha value is -2.47. The molecule has 0 bridgehead atoms. The number of H-pyrrole nitrogens is 2. The normalized spacial score (nSPS) is 10.9. The Morgan fingerprint density at radius 3 is 2.83 bits per heavy atom. The number of aromatic amines is 2. The summed E-state index contributed by atoms with van der Waals surface area (Å²) < 4.78 is 0. The molecule has 4 N–H and O–H groups in total. The van der Waals surface area contributed by atoms with Crippen LogP contribution in [0.3, 0.4) is 0 Å². The lowest BCUT2D eigenvalue weighted by Crippen LogP contribution is -2.02. The lowest BCUT2D eigenvalue weighted by Gasteiger charge is -2.02. The van der Waals surface area contributed by atoms with Crippen LogP contribution in [0.25, 0.3) is 22.3 Å². The van der Waals surface area contributed by atoms with Crippen LogP contribution in [0, 0.1) is 0 Å². The fourth-order valence-corrected chi connectivity index (χ4v) is 1.85. The van der Waals surface area contributed by atoms with E-state index in [4.69, 9.17) is 5.73 Å². The summed E-state index contributed by atoms with van der Waals surface area (Å²) in [5, 5.41) is 0. The van der Waals surface area contributed by atoms with E-state index in [1.54, 1.807) is 6.20 Å². The molecular formula is C12H11N5O. The molecule has 6 nitrogen and oxygen atoms in total. The van der Waals surface area contributed by atoms with E-state index < -0.39 is 0 Å². The van der Waals surface area contributed by atoms with Gasteiger partial charge in [0.25, 0.3) is 0 Å². The standard InChI is InChI=1S/C12H11N5O/c13-6-11-14-4-3-8(15-11)7-1-2-9-10(5-7)17-12(18)16-9/h1-5H,6,13H2,(H2,16,17,18). The van der Waals surface area contributed by atoms with Crippen molar-refractivity contribution in [3.05, 3.63) is 46.8 Å². The Morgan fingerprint density at radius 1 is 1.17 bits per heavy atom. The second-order valence-electron chi connectivity index (χ2n) is 3.90. The van der Waals surface area contributed by atoms with Gasteiger partial charge in [-0.05, 0) is 18.2 Å². The zero-order chi connectivity index (χ0) is 12.5. The van der Waals surface area contributed by atoms with E-state index in [-0.39, 0.29) is 5.69 Å². The summed E-state index contributed by atoms with van der Waals surface area (Å²) >= 11 is 0. The molecule has 0 fully saturated rings. The van der Waals surface area contributed by atoms with E-state index in [0.29, 0.717) is 12.4 Å². The number of benzene rings is 1. The number of fused-ring (bicyclic) bond motifs is 1. The van der Waals surface area contributed by atoms with Gasteiger partial charge in [0.15, 0.2) is 0 Å². The highest BCUT2D eigenvalue weighted by Crippen LogP contribution is 2.20. The lowest BCUT2D eigenvalue weighted by atomic mass is 10.1. The van der Waals surface area contributed by atoms with Crippen LogP contribution in [0.2, 0.25) is 0 Å². The average Bonchev–Trinajstić information content (AvgIpc) is 2.77. The molecule has 0 amide bonds. The maximum Gasteiger partial charge on any atom is 0.323 e. The smallest absolute Gasteiger partial charge is 0.323 e. The van der Waals surface area contributed by atoms with Gasteiger partial charge in [0.2, 0.25) is 0 Å². The predicted octanol–water partition coefficient (Wildman–Crippen LogP) is 0.772. The largest absolute Gasteiger partial charge is 0.324 e. The third kappa shape index (κ3) is 1.78. The number of nitrogens with two attached hydrogens (primary N) is 1. The molecule has 3 aromatic rings. The quantitative estimate of drug-likeness (QED) is 0.617. The van der Waals surface area contributed by atoms with Gasteiger partial charge in [0.1, 0.15) is 5.82 Å². The molecule has 0 saturated heterocycles. The van der Waals surface area contributed by atoms with Crippen molar-refractivity contribution in [2.75, 3.05) is 0 Å². The minimum absolute atomic E-state index is 0.215.